The molecule has 5 N–H and O–H groups in total. The molecule has 0 heterocycles. The average molecular weight is 829 g/mol. The summed E-state index contributed by atoms with van der Waals surface area (Å²) in [7, 11) is 0. The molecule has 9 atom stereocenters. The summed E-state index contributed by atoms with van der Waals surface area (Å²) in [5.41, 5.74) is -17.8. The first-order valence-electron chi connectivity index (χ1n) is 15.4. The van der Waals surface area contributed by atoms with Gasteiger partial charge < -0.3 is 35.0 Å². The zero-order valence-electron chi connectivity index (χ0n) is 27.8. The predicted octanol–water partition coefficient (Wildman–Crippen LogP) is 7.27. The van der Waals surface area contributed by atoms with E-state index in [0.717, 1.165) is 0 Å². The van der Waals surface area contributed by atoms with Gasteiger partial charge in [0, 0.05) is 18.4 Å². The zero-order chi connectivity index (χ0) is 42.4. The monoisotopic (exact) mass is 828 g/mol. The Morgan fingerprint density at radius 2 is 0.774 bits per heavy atom. The van der Waals surface area contributed by atoms with Gasteiger partial charge in [0.1, 0.15) is 0 Å². The van der Waals surface area contributed by atoms with Crippen LogP contribution in [-0.4, -0.2) is 110 Å². The van der Waals surface area contributed by atoms with Crippen molar-refractivity contribution in [1.29, 1.82) is 0 Å². The maximum atomic E-state index is 13.2. The van der Waals surface area contributed by atoms with Gasteiger partial charge in [-0.1, -0.05) is 0 Å². The Balaban J connectivity index is 0.000000540. The molecule has 0 radical (unpaired) electrons. The third-order valence-corrected chi connectivity index (χ3v) is 9.78. The molecule has 2 rings (SSSR count). The summed E-state index contributed by atoms with van der Waals surface area (Å²) in [6.45, 7) is 3.32. The van der Waals surface area contributed by atoms with Crippen molar-refractivity contribution in [2.75, 3.05) is 6.61 Å². The fourth-order valence-corrected chi connectivity index (χ4v) is 6.52. The SMILES string of the molecule is CC(O)(C1CC(O)CC(C(O)(C(F)(F)F)C(F)(F)F)C1)C(F)(F)F.CCOC(C)OC1CC(C(C)(O)C(F)(F)F)CC(C(O)(C(F)(F)F)C(F)(F)F)C1. The summed E-state index contributed by atoms with van der Waals surface area (Å²) in [6.07, 6.45) is -46.7. The van der Waals surface area contributed by atoms with Gasteiger partial charge in [0.05, 0.1) is 12.2 Å². The van der Waals surface area contributed by atoms with Crippen molar-refractivity contribution in [2.45, 2.75) is 144 Å². The van der Waals surface area contributed by atoms with Crippen LogP contribution in [0, 0.1) is 23.7 Å². The lowest BCUT2D eigenvalue weighted by Gasteiger charge is -2.47. The molecule has 0 aromatic rings. The van der Waals surface area contributed by atoms with E-state index in [4.69, 9.17) is 9.47 Å². The lowest BCUT2D eigenvalue weighted by Crippen LogP contribution is -2.64. The molecule has 53 heavy (non-hydrogen) atoms. The quantitative estimate of drug-likeness (QED) is 0.129. The predicted molar refractivity (Wildman–Crippen MR) is 141 cm³/mol. The van der Waals surface area contributed by atoms with Crippen LogP contribution in [0.5, 0.6) is 0 Å². The van der Waals surface area contributed by atoms with E-state index >= 15 is 0 Å². The highest BCUT2D eigenvalue weighted by Gasteiger charge is 2.76. The Hall–Kier alpha value is -1.54. The molecular formula is C28H38F18O7. The van der Waals surface area contributed by atoms with Crippen LogP contribution < -0.4 is 0 Å². The third-order valence-electron chi connectivity index (χ3n) is 9.78. The van der Waals surface area contributed by atoms with E-state index in [0.29, 0.717) is 0 Å². The number of rotatable bonds is 8. The Morgan fingerprint density at radius 3 is 1.08 bits per heavy atom. The molecular weight excluding hydrogens is 790 g/mol. The maximum absolute atomic E-state index is 13.2. The fraction of sp³-hybridized carbons (Fsp3) is 1.00. The largest absolute Gasteiger partial charge is 0.426 e. The molecule has 318 valence electrons. The van der Waals surface area contributed by atoms with Crippen LogP contribution in [-0.2, 0) is 9.47 Å². The van der Waals surface area contributed by atoms with Gasteiger partial charge in [-0.25, -0.2) is 0 Å². The lowest BCUT2D eigenvalue weighted by atomic mass is 9.66. The second-order valence-corrected chi connectivity index (χ2v) is 13.5. The Morgan fingerprint density at radius 1 is 0.491 bits per heavy atom. The molecule has 0 amide bonds. The lowest BCUT2D eigenvalue weighted by molar-refractivity contribution is -0.392. The summed E-state index contributed by atoms with van der Waals surface area (Å²) in [5, 5.41) is 47.8. The molecule has 0 aromatic heterocycles. The van der Waals surface area contributed by atoms with Crippen LogP contribution in [0.1, 0.15) is 66.2 Å². The van der Waals surface area contributed by atoms with Crippen LogP contribution in [0.4, 0.5) is 79.0 Å². The molecule has 2 fully saturated rings. The van der Waals surface area contributed by atoms with Crippen molar-refractivity contribution in [3.8, 4) is 0 Å². The van der Waals surface area contributed by atoms with Crippen molar-refractivity contribution in [3.63, 3.8) is 0 Å². The Labute approximate surface area is 289 Å². The Kier molecular flexibility index (Phi) is 14.7. The van der Waals surface area contributed by atoms with E-state index < -0.39 is 140 Å². The van der Waals surface area contributed by atoms with Crippen LogP contribution >= 0.6 is 0 Å². The summed E-state index contributed by atoms with van der Waals surface area (Å²) in [6, 6.07) is 0. The van der Waals surface area contributed by atoms with Crippen LogP contribution in [0.2, 0.25) is 0 Å². The van der Waals surface area contributed by atoms with Crippen molar-refractivity contribution >= 4 is 0 Å². The highest BCUT2D eigenvalue weighted by molar-refractivity contribution is 5.06. The Bertz CT molecular complexity index is 1150. The standard InChI is InChI=1S/C16H23F9O4.C12H15F9O3/c1-4-28-8(2)29-11-6-9(12(3,26)14(17,18)19)5-10(7-11)13(27,15(20,21)22)16(23,24)25;1-8(23,10(13,14)15)5-2-6(4-7(22)3-5)9(24,11(16,17)18)12(19,20)21/h8-11,26-27H,4-7H2,1-3H3;5-7,22-24H,2-4H2,1H3. The van der Waals surface area contributed by atoms with Crippen LogP contribution in [0.3, 0.4) is 0 Å². The molecule has 0 spiro atoms. The molecule has 0 aliphatic heterocycles. The first-order chi connectivity index (χ1) is 23.1. The zero-order valence-corrected chi connectivity index (χ0v) is 27.8. The molecule has 0 saturated heterocycles. The van der Waals surface area contributed by atoms with Gasteiger partial charge >= 0.3 is 37.1 Å². The fourth-order valence-electron chi connectivity index (χ4n) is 6.52. The highest BCUT2D eigenvalue weighted by Crippen LogP contribution is 2.56. The summed E-state index contributed by atoms with van der Waals surface area (Å²) in [4.78, 5) is 0. The van der Waals surface area contributed by atoms with Gasteiger partial charge in [-0.05, 0) is 78.1 Å². The minimum absolute atomic E-state index is 0.0655. The minimum Gasteiger partial charge on any atom is -0.393 e. The van der Waals surface area contributed by atoms with Crippen molar-refractivity contribution in [3.05, 3.63) is 0 Å². The molecule has 7 nitrogen and oxygen atoms in total. The van der Waals surface area contributed by atoms with Gasteiger partial charge in [-0.3, -0.25) is 0 Å². The molecule has 25 heteroatoms. The average Bonchev–Trinajstić information content (AvgIpc) is 2.92. The van der Waals surface area contributed by atoms with Gasteiger partial charge in [0.15, 0.2) is 17.5 Å². The second-order valence-electron chi connectivity index (χ2n) is 13.5. The van der Waals surface area contributed by atoms with Crippen molar-refractivity contribution in [1.82, 2.24) is 0 Å². The number of alkyl halides is 18. The molecule has 9 unspecified atom stereocenters. The van der Waals surface area contributed by atoms with E-state index in [2.05, 4.69) is 0 Å². The van der Waals surface area contributed by atoms with Crippen LogP contribution in [0.25, 0.3) is 0 Å². The number of aliphatic hydroxyl groups excluding tert-OH is 1. The smallest absolute Gasteiger partial charge is 0.393 e. The van der Waals surface area contributed by atoms with Gasteiger partial charge in [0.2, 0.25) is 0 Å². The normalized spacial score (nSPS) is 29.0. The van der Waals surface area contributed by atoms with E-state index in [1.165, 1.54) is 13.8 Å². The second kappa shape index (κ2) is 15.8. The first-order valence-corrected chi connectivity index (χ1v) is 15.4. The number of ether oxygens (including phenoxy) is 2. The molecule has 0 aromatic carbocycles. The van der Waals surface area contributed by atoms with E-state index in [-0.39, 0.29) is 20.5 Å². The summed E-state index contributed by atoms with van der Waals surface area (Å²) < 4.78 is 245. The summed E-state index contributed by atoms with van der Waals surface area (Å²) >= 11 is 0. The van der Waals surface area contributed by atoms with Crippen LogP contribution in [0.15, 0.2) is 0 Å². The van der Waals surface area contributed by atoms with Crippen molar-refractivity contribution in [2.24, 2.45) is 23.7 Å². The van der Waals surface area contributed by atoms with E-state index in [1.807, 2.05) is 0 Å². The summed E-state index contributed by atoms with van der Waals surface area (Å²) in [5.74, 6) is -9.76. The van der Waals surface area contributed by atoms with E-state index in [1.54, 1.807) is 0 Å². The number of hydrogen-bond donors (Lipinski definition) is 5. The maximum Gasteiger partial charge on any atom is 0.426 e. The number of aliphatic hydroxyl groups is 5. The molecule has 2 aliphatic carbocycles. The highest BCUT2D eigenvalue weighted by atomic mass is 19.4. The number of halogens is 18. The first kappa shape index (κ1) is 49.5. The third kappa shape index (κ3) is 10.3. The molecule has 2 saturated carbocycles. The van der Waals surface area contributed by atoms with Crippen molar-refractivity contribution < 1.29 is 114 Å². The minimum atomic E-state index is -6.22. The molecule has 0 bridgehead atoms. The van der Waals surface area contributed by atoms with E-state index in [9.17, 15) is 105 Å². The van der Waals surface area contributed by atoms with Gasteiger partial charge in [0.25, 0.3) is 11.2 Å². The number of hydrogen-bond acceptors (Lipinski definition) is 7. The van der Waals surface area contributed by atoms with Gasteiger partial charge in [-0.2, -0.15) is 79.0 Å². The van der Waals surface area contributed by atoms with Gasteiger partial charge in [-0.15, -0.1) is 0 Å². The topological polar surface area (TPSA) is 120 Å². The molecule has 2 aliphatic rings.